The van der Waals surface area contributed by atoms with Gasteiger partial charge in [-0.05, 0) is 56.6 Å². The molecule has 2 aromatic carbocycles. The summed E-state index contributed by atoms with van der Waals surface area (Å²) in [5.74, 6) is 0.740. The number of nitrogens with one attached hydrogen (secondary N) is 2. The van der Waals surface area contributed by atoms with E-state index in [1.807, 2.05) is 29.2 Å². The minimum absolute atomic E-state index is 0.0182. The molecule has 0 radical (unpaired) electrons. The van der Waals surface area contributed by atoms with E-state index in [9.17, 15) is 23.4 Å². The third kappa shape index (κ3) is 6.10. The van der Waals surface area contributed by atoms with Crippen molar-refractivity contribution < 1.29 is 28.1 Å². The Hall–Kier alpha value is -2.49. The van der Waals surface area contributed by atoms with Gasteiger partial charge in [-0.2, -0.15) is 13.2 Å². The van der Waals surface area contributed by atoms with E-state index < -0.39 is 18.7 Å². The number of benzene rings is 2. The van der Waals surface area contributed by atoms with Gasteiger partial charge in [0.1, 0.15) is 12.7 Å². The predicted molar refractivity (Wildman–Crippen MR) is 122 cm³/mol. The van der Waals surface area contributed by atoms with Gasteiger partial charge in [0.15, 0.2) is 11.5 Å². The summed E-state index contributed by atoms with van der Waals surface area (Å²) in [6.07, 6.45) is -3.95. The number of nitrogens with zero attached hydrogens (tertiary/aromatic N) is 1. The molecule has 6 nitrogen and oxygen atoms in total. The fraction of sp³-hybridized carbons (Fsp3) is 0.500. The number of aliphatic hydroxyl groups is 1. The molecule has 0 bridgehead atoms. The third-order valence-electron chi connectivity index (χ3n) is 6.25. The molecular formula is C24H30F3N3O3. The van der Waals surface area contributed by atoms with Crippen molar-refractivity contribution in [1.82, 2.24) is 15.2 Å². The first-order valence-corrected chi connectivity index (χ1v) is 11.3. The molecule has 1 aromatic heterocycles. The van der Waals surface area contributed by atoms with Gasteiger partial charge in [0.25, 0.3) is 0 Å². The fourth-order valence-electron chi connectivity index (χ4n) is 4.44. The second-order valence-electron chi connectivity index (χ2n) is 8.78. The van der Waals surface area contributed by atoms with E-state index in [0.29, 0.717) is 37.8 Å². The highest BCUT2D eigenvalue weighted by atomic mass is 19.4. The lowest BCUT2D eigenvalue weighted by molar-refractivity contribution is -0.138. The quantitative estimate of drug-likeness (QED) is 0.384. The van der Waals surface area contributed by atoms with Gasteiger partial charge in [-0.15, -0.1) is 0 Å². The summed E-state index contributed by atoms with van der Waals surface area (Å²) in [5, 5.41) is 25.7. The SMILES string of the molecule is Oc1ccc2[nH]c3ccccc3c2c1OCC(O)CNCC1CCN(CCC(F)(F)F)CC1. The summed E-state index contributed by atoms with van der Waals surface area (Å²) in [5.41, 5.74) is 1.79. The number of hydrogen-bond acceptors (Lipinski definition) is 5. The van der Waals surface area contributed by atoms with Crippen molar-refractivity contribution in [3.63, 3.8) is 0 Å². The number of phenols is 1. The lowest BCUT2D eigenvalue weighted by Crippen LogP contribution is -2.40. The summed E-state index contributed by atoms with van der Waals surface area (Å²) >= 11 is 0. The predicted octanol–water partition coefficient (Wildman–Crippen LogP) is 4.02. The molecule has 1 saturated heterocycles. The molecule has 0 amide bonds. The lowest BCUT2D eigenvalue weighted by Gasteiger charge is -2.32. The van der Waals surface area contributed by atoms with Gasteiger partial charge >= 0.3 is 6.18 Å². The number of H-pyrrole nitrogens is 1. The Morgan fingerprint density at radius 2 is 1.88 bits per heavy atom. The van der Waals surface area contributed by atoms with Crippen LogP contribution in [0.5, 0.6) is 11.5 Å². The van der Waals surface area contributed by atoms with Crippen molar-refractivity contribution in [3.05, 3.63) is 36.4 Å². The van der Waals surface area contributed by atoms with Crippen LogP contribution in [0.15, 0.2) is 36.4 Å². The van der Waals surface area contributed by atoms with Gasteiger partial charge in [0, 0.05) is 24.0 Å². The maximum absolute atomic E-state index is 12.4. The number of aromatic amines is 1. The highest BCUT2D eigenvalue weighted by Crippen LogP contribution is 2.39. The maximum Gasteiger partial charge on any atom is 0.390 e. The number of phenolic OH excluding ortho intramolecular Hbond substituents is 1. The van der Waals surface area contributed by atoms with Gasteiger partial charge in [-0.3, -0.25) is 0 Å². The Morgan fingerprint density at radius 3 is 2.64 bits per heavy atom. The van der Waals surface area contributed by atoms with Crippen molar-refractivity contribution in [2.45, 2.75) is 31.5 Å². The van der Waals surface area contributed by atoms with Crippen LogP contribution < -0.4 is 10.1 Å². The third-order valence-corrected chi connectivity index (χ3v) is 6.25. The summed E-state index contributed by atoms with van der Waals surface area (Å²) in [7, 11) is 0. The Morgan fingerprint density at radius 1 is 1.12 bits per heavy atom. The van der Waals surface area contributed by atoms with E-state index in [0.717, 1.165) is 34.6 Å². The van der Waals surface area contributed by atoms with Crippen LogP contribution in [0.1, 0.15) is 19.3 Å². The largest absolute Gasteiger partial charge is 0.504 e. The summed E-state index contributed by atoms with van der Waals surface area (Å²) in [4.78, 5) is 5.16. The number of aromatic nitrogens is 1. The second kappa shape index (κ2) is 10.2. The molecule has 180 valence electrons. The van der Waals surface area contributed by atoms with Crippen LogP contribution in [0.4, 0.5) is 13.2 Å². The highest BCUT2D eigenvalue weighted by Gasteiger charge is 2.29. The van der Waals surface area contributed by atoms with E-state index in [1.165, 1.54) is 0 Å². The van der Waals surface area contributed by atoms with Crippen molar-refractivity contribution in [1.29, 1.82) is 0 Å². The number of halogens is 3. The lowest BCUT2D eigenvalue weighted by atomic mass is 9.96. The van der Waals surface area contributed by atoms with E-state index in [2.05, 4.69) is 10.3 Å². The van der Waals surface area contributed by atoms with Crippen LogP contribution >= 0.6 is 0 Å². The zero-order valence-corrected chi connectivity index (χ0v) is 18.4. The number of alkyl halides is 3. The van der Waals surface area contributed by atoms with E-state index in [1.54, 1.807) is 12.1 Å². The Bertz CT molecular complexity index is 1060. The average molecular weight is 466 g/mol. The molecule has 0 spiro atoms. The van der Waals surface area contributed by atoms with E-state index in [-0.39, 0.29) is 18.9 Å². The van der Waals surface area contributed by atoms with Crippen LogP contribution in [0.2, 0.25) is 0 Å². The number of para-hydroxylation sites is 1. The van der Waals surface area contributed by atoms with Gasteiger partial charge in [-0.25, -0.2) is 0 Å². The molecule has 1 unspecified atom stereocenters. The van der Waals surface area contributed by atoms with Gasteiger partial charge in [0.2, 0.25) is 0 Å². The van der Waals surface area contributed by atoms with Crippen LogP contribution in [-0.2, 0) is 0 Å². The number of ether oxygens (including phenoxy) is 1. The summed E-state index contributed by atoms with van der Waals surface area (Å²) in [6, 6.07) is 11.1. The van der Waals surface area contributed by atoms with Crippen molar-refractivity contribution >= 4 is 21.8 Å². The molecule has 0 saturated carbocycles. The molecular weight excluding hydrogens is 435 g/mol. The van der Waals surface area contributed by atoms with Crippen LogP contribution in [0, 0.1) is 5.92 Å². The number of rotatable bonds is 9. The van der Waals surface area contributed by atoms with E-state index in [4.69, 9.17) is 4.74 Å². The molecule has 3 aromatic rings. The topological polar surface area (TPSA) is 80.8 Å². The second-order valence-corrected chi connectivity index (χ2v) is 8.78. The van der Waals surface area contributed by atoms with Crippen LogP contribution in [-0.4, -0.2) is 71.7 Å². The molecule has 2 heterocycles. The molecule has 33 heavy (non-hydrogen) atoms. The smallest absolute Gasteiger partial charge is 0.390 e. The number of hydrogen-bond donors (Lipinski definition) is 4. The number of piperidine rings is 1. The fourth-order valence-corrected chi connectivity index (χ4v) is 4.44. The Balaban J connectivity index is 1.23. The summed E-state index contributed by atoms with van der Waals surface area (Å²) in [6.45, 7) is 2.46. The number of fused-ring (bicyclic) bond motifs is 3. The van der Waals surface area contributed by atoms with Gasteiger partial charge < -0.3 is 30.2 Å². The maximum atomic E-state index is 12.4. The average Bonchev–Trinajstić information content (AvgIpc) is 3.16. The molecule has 4 N–H and O–H groups in total. The van der Waals surface area contributed by atoms with E-state index >= 15 is 0 Å². The summed E-state index contributed by atoms with van der Waals surface area (Å²) < 4.78 is 42.9. The Kier molecular flexibility index (Phi) is 7.31. The zero-order valence-electron chi connectivity index (χ0n) is 18.4. The molecule has 4 rings (SSSR count). The minimum Gasteiger partial charge on any atom is -0.504 e. The number of aromatic hydroxyl groups is 1. The molecule has 0 aliphatic carbocycles. The molecule has 9 heteroatoms. The standard InChI is InChI=1S/C24H30F3N3O3/c25-24(26,27)9-12-30-10-7-16(8-11-30)13-28-14-17(31)15-33-23-21(32)6-5-20-22(23)18-3-1-2-4-19(18)29-20/h1-6,16-17,28-29,31-32H,7-15H2. The monoisotopic (exact) mass is 465 g/mol. The van der Waals surface area contributed by atoms with Gasteiger partial charge in [0.05, 0.1) is 17.3 Å². The van der Waals surface area contributed by atoms with Crippen LogP contribution in [0.25, 0.3) is 21.8 Å². The minimum atomic E-state index is -4.10. The molecule has 1 aliphatic heterocycles. The van der Waals surface area contributed by atoms with Crippen molar-refractivity contribution in [2.24, 2.45) is 5.92 Å². The number of likely N-dealkylation sites (tertiary alicyclic amines) is 1. The first kappa shape index (κ1) is 23.7. The first-order chi connectivity index (χ1) is 15.8. The highest BCUT2D eigenvalue weighted by molar-refractivity contribution is 6.11. The number of aliphatic hydroxyl groups excluding tert-OH is 1. The Labute approximate surface area is 190 Å². The normalized spacial score (nSPS) is 17.1. The molecule has 1 aliphatic rings. The first-order valence-electron chi connectivity index (χ1n) is 11.3. The molecule has 1 fully saturated rings. The molecule has 1 atom stereocenters. The van der Waals surface area contributed by atoms with Crippen molar-refractivity contribution in [2.75, 3.05) is 39.3 Å². The van der Waals surface area contributed by atoms with Gasteiger partial charge in [-0.1, -0.05) is 18.2 Å². The zero-order chi connectivity index (χ0) is 23.4. The van der Waals surface area contributed by atoms with Crippen LogP contribution in [0.3, 0.4) is 0 Å². The van der Waals surface area contributed by atoms with Crippen molar-refractivity contribution in [3.8, 4) is 11.5 Å².